The molecule has 0 aliphatic carbocycles. The van der Waals surface area contributed by atoms with Crippen molar-refractivity contribution in [2.24, 2.45) is 11.7 Å². The normalized spacial score (nSPS) is 13.3. The van der Waals surface area contributed by atoms with Crippen LogP contribution >= 0.6 is 0 Å². The number of nitrogens with two attached hydrogens (primary N) is 1. The minimum Gasteiger partial charge on any atom is -0.390 e. The van der Waals surface area contributed by atoms with Gasteiger partial charge in [-0.05, 0) is 18.1 Å². The molecule has 13 heavy (non-hydrogen) atoms. The Bertz CT molecular complexity index is 273. The maximum atomic E-state index is 8.88. The second kappa shape index (κ2) is 4.35. The zero-order valence-electron chi connectivity index (χ0n) is 8.07. The van der Waals surface area contributed by atoms with Crippen molar-refractivity contribution in [3.8, 4) is 0 Å². The summed E-state index contributed by atoms with van der Waals surface area (Å²) in [4.78, 5) is 4.24. The molecule has 1 atom stereocenters. The Kier molecular flexibility index (Phi) is 3.39. The van der Waals surface area contributed by atoms with Gasteiger partial charge in [0, 0.05) is 6.04 Å². The molecule has 3 N–H and O–H groups in total. The standard InChI is InChI=1S/C10H16N2O/c1-7(2)10(11)9-5-3-4-8(6-13)12-9/h3-5,7,10,13H,6,11H2,1-2H3. The summed E-state index contributed by atoms with van der Waals surface area (Å²) in [6.07, 6.45) is 0. The molecular weight excluding hydrogens is 164 g/mol. The quantitative estimate of drug-likeness (QED) is 0.735. The molecule has 0 fully saturated rings. The third kappa shape index (κ3) is 2.50. The lowest BCUT2D eigenvalue weighted by Gasteiger charge is -2.15. The Hall–Kier alpha value is -0.930. The summed E-state index contributed by atoms with van der Waals surface area (Å²) in [7, 11) is 0. The van der Waals surface area contributed by atoms with Crippen LogP contribution in [-0.4, -0.2) is 10.1 Å². The van der Waals surface area contributed by atoms with Crippen LogP contribution in [0.4, 0.5) is 0 Å². The number of hydrogen-bond donors (Lipinski definition) is 2. The Morgan fingerprint density at radius 2 is 2.15 bits per heavy atom. The van der Waals surface area contributed by atoms with Crippen molar-refractivity contribution in [3.05, 3.63) is 29.6 Å². The first-order valence-corrected chi connectivity index (χ1v) is 4.47. The van der Waals surface area contributed by atoms with Crippen molar-refractivity contribution in [1.82, 2.24) is 4.98 Å². The monoisotopic (exact) mass is 180 g/mol. The molecule has 0 amide bonds. The summed E-state index contributed by atoms with van der Waals surface area (Å²) in [5.74, 6) is 0.362. The maximum Gasteiger partial charge on any atom is 0.0853 e. The van der Waals surface area contributed by atoms with Crippen LogP contribution < -0.4 is 5.73 Å². The average molecular weight is 180 g/mol. The number of aliphatic hydroxyl groups is 1. The van der Waals surface area contributed by atoms with E-state index in [1.165, 1.54) is 0 Å². The lowest BCUT2D eigenvalue weighted by atomic mass is 10.0. The van der Waals surface area contributed by atoms with Crippen LogP contribution in [0, 0.1) is 5.92 Å². The smallest absolute Gasteiger partial charge is 0.0853 e. The van der Waals surface area contributed by atoms with E-state index in [4.69, 9.17) is 10.8 Å². The largest absolute Gasteiger partial charge is 0.390 e. The van der Waals surface area contributed by atoms with Crippen molar-refractivity contribution >= 4 is 0 Å². The molecule has 1 unspecified atom stereocenters. The van der Waals surface area contributed by atoms with Crippen molar-refractivity contribution in [2.45, 2.75) is 26.5 Å². The molecule has 3 heteroatoms. The summed E-state index contributed by atoms with van der Waals surface area (Å²) in [6, 6.07) is 5.50. The molecule has 0 aromatic carbocycles. The summed E-state index contributed by atoms with van der Waals surface area (Å²) >= 11 is 0. The molecule has 0 aliphatic heterocycles. The Morgan fingerprint density at radius 1 is 1.46 bits per heavy atom. The molecular formula is C10H16N2O. The first kappa shape index (κ1) is 10.2. The summed E-state index contributed by atoms with van der Waals surface area (Å²) in [5, 5.41) is 8.88. The molecule has 1 aromatic heterocycles. The van der Waals surface area contributed by atoms with Gasteiger partial charge in [-0.2, -0.15) is 0 Å². The fourth-order valence-electron chi connectivity index (χ4n) is 1.11. The third-order valence-electron chi connectivity index (χ3n) is 2.05. The minimum atomic E-state index is -0.0495. The van der Waals surface area contributed by atoms with Crippen LogP contribution in [0.5, 0.6) is 0 Å². The maximum absolute atomic E-state index is 8.88. The highest BCUT2D eigenvalue weighted by Gasteiger charge is 2.11. The molecule has 0 aliphatic rings. The Labute approximate surface area is 78.6 Å². The van der Waals surface area contributed by atoms with Crippen LogP contribution in [0.3, 0.4) is 0 Å². The fraction of sp³-hybridized carbons (Fsp3) is 0.500. The van der Waals surface area contributed by atoms with Gasteiger partial charge in [0.2, 0.25) is 0 Å². The molecule has 72 valence electrons. The van der Waals surface area contributed by atoms with E-state index >= 15 is 0 Å². The first-order valence-electron chi connectivity index (χ1n) is 4.47. The summed E-state index contributed by atoms with van der Waals surface area (Å²) in [6.45, 7) is 4.08. The number of nitrogens with zero attached hydrogens (tertiary/aromatic N) is 1. The van der Waals surface area contributed by atoms with E-state index in [1.54, 1.807) is 6.07 Å². The molecule has 0 saturated heterocycles. The van der Waals surface area contributed by atoms with Gasteiger partial charge < -0.3 is 10.8 Å². The van der Waals surface area contributed by atoms with Gasteiger partial charge in [-0.15, -0.1) is 0 Å². The van der Waals surface area contributed by atoms with Crippen molar-refractivity contribution in [3.63, 3.8) is 0 Å². The molecule has 3 nitrogen and oxygen atoms in total. The van der Waals surface area contributed by atoms with Crippen LogP contribution in [0.15, 0.2) is 18.2 Å². The highest BCUT2D eigenvalue weighted by molar-refractivity contribution is 5.13. The molecule has 1 rings (SSSR count). The Balaban J connectivity index is 2.88. The first-order chi connectivity index (χ1) is 6.15. The number of aliphatic hydroxyl groups excluding tert-OH is 1. The van der Waals surface area contributed by atoms with Crippen molar-refractivity contribution in [1.29, 1.82) is 0 Å². The topological polar surface area (TPSA) is 59.1 Å². The van der Waals surface area contributed by atoms with Crippen molar-refractivity contribution < 1.29 is 5.11 Å². The molecule has 0 radical (unpaired) electrons. The second-order valence-corrected chi connectivity index (χ2v) is 3.48. The van der Waals surface area contributed by atoms with Crippen molar-refractivity contribution in [2.75, 3.05) is 0 Å². The van der Waals surface area contributed by atoms with Gasteiger partial charge in [0.15, 0.2) is 0 Å². The van der Waals surface area contributed by atoms with Gasteiger partial charge in [-0.3, -0.25) is 4.98 Å². The molecule has 1 heterocycles. The van der Waals surface area contributed by atoms with Gasteiger partial charge >= 0.3 is 0 Å². The number of aromatic nitrogens is 1. The fourth-order valence-corrected chi connectivity index (χ4v) is 1.11. The lowest BCUT2D eigenvalue weighted by Crippen LogP contribution is -2.18. The SMILES string of the molecule is CC(C)C(N)c1cccc(CO)n1. The number of rotatable bonds is 3. The summed E-state index contributed by atoms with van der Waals surface area (Å²) < 4.78 is 0. The third-order valence-corrected chi connectivity index (χ3v) is 2.05. The summed E-state index contributed by atoms with van der Waals surface area (Å²) in [5.41, 5.74) is 7.44. The van der Waals surface area contributed by atoms with Gasteiger partial charge in [-0.1, -0.05) is 19.9 Å². The zero-order valence-corrected chi connectivity index (χ0v) is 8.07. The zero-order chi connectivity index (χ0) is 9.84. The molecule has 1 aromatic rings. The van der Waals surface area contributed by atoms with Gasteiger partial charge in [0.1, 0.15) is 0 Å². The van der Waals surface area contributed by atoms with Gasteiger partial charge in [-0.25, -0.2) is 0 Å². The predicted molar refractivity (Wildman–Crippen MR) is 51.9 cm³/mol. The lowest BCUT2D eigenvalue weighted by molar-refractivity contribution is 0.276. The van der Waals surface area contributed by atoms with E-state index in [0.717, 1.165) is 5.69 Å². The van der Waals surface area contributed by atoms with E-state index in [9.17, 15) is 0 Å². The van der Waals surface area contributed by atoms with E-state index in [2.05, 4.69) is 18.8 Å². The molecule has 0 bridgehead atoms. The second-order valence-electron chi connectivity index (χ2n) is 3.48. The highest BCUT2D eigenvalue weighted by atomic mass is 16.3. The van der Waals surface area contributed by atoms with Crippen LogP contribution in [0.1, 0.15) is 31.3 Å². The number of hydrogen-bond acceptors (Lipinski definition) is 3. The number of pyridine rings is 1. The van der Waals surface area contributed by atoms with Gasteiger partial charge in [0.05, 0.1) is 18.0 Å². The van der Waals surface area contributed by atoms with E-state index in [0.29, 0.717) is 11.6 Å². The van der Waals surface area contributed by atoms with Crippen LogP contribution in [-0.2, 0) is 6.61 Å². The van der Waals surface area contributed by atoms with Gasteiger partial charge in [0.25, 0.3) is 0 Å². The van der Waals surface area contributed by atoms with E-state index in [1.807, 2.05) is 12.1 Å². The average Bonchev–Trinajstić information content (AvgIpc) is 2.16. The Morgan fingerprint density at radius 3 is 2.69 bits per heavy atom. The van der Waals surface area contributed by atoms with E-state index < -0.39 is 0 Å². The van der Waals surface area contributed by atoms with Crippen LogP contribution in [0.2, 0.25) is 0 Å². The minimum absolute atomic E-state index is 0.0291. The highest BCUT2D eigenvalue weighted by Crippen LogP contribution is 2.16. The molecule has 0 spiro atoms. The van der Waals surface area contributed by atoms with Crippen LogP contribution in [0.25, 0.3) is 0 Å². The van der Waals surface area contributed by atoms with E-state index in [-0.39, 0.29) is 12.6 Å². The molecule has 0 saturated carbocycles. The predicted octanol–water partition coefficient (Wildman–Crippen LogP) is 1.23.